The molecule has 0 saturated carbocycles. The van der Waals surface area contributed by atoms with E-state index in [0.29, 0.717) is 12.3 Å². The van der Waals surface area contributed by atoms with Crippen LogP contribution in [0.2, 0.25) is 0 Å². The number of para-hydroxylation sites is 1. The normalized spacial score (nSPS) is 10.7. The topological polar surface area (TPSA) is 95.2 Å². The Hall–Kier alpha value is -3.52. The molecule has 8 heteroatoms. The molecular formula is C21H22N4O4. The van der Waals surface area contributed by atoms with Crippen molar-refractivity contribution < 1.29 is 9.53 Å². The number of hydrogen-bond donors (Lipinski definition) is 1. The standard InChI is InChI=1S/C21H22N4O4/c1-15-8-10-16(11-9-15)14-24-20(27)18(19(26)22-12-13-29-2)23-25(21(24)28)17-6-4-3-5-7-17/h3-11H,12-14H2,1-2H3,(H,22,26). The molecule has 0 atom stereocenters. The number of rotatable bonds is 7. The van der Waals surface area contributed by atoms with Crippen molar-refractivity contribution in [1.29, 1.82) is 0 Å². The molecule has 0 bridgehead atoms. The lowest BCUT2D eigenvalue weighted by molar-refractivity contribution is 0.0927. The smallest absolute Gasteiger partial charge is 0.352 e. The Morgan fingerprint density at radius 3 is 2.41 bits per heavy atom. The number of aromatic nitrogens is 3. The van der Waals surface area contributed by atoms with Crippen LogP contribution in [0.15, 0.2) is 64.2 Å². The van der Waals surface area contributed by atoms with Gasteiger partial charge >= 0.3 is 5.69 Å². The van der Waals surface area contributed by atoms with Crippen molar-refractivity contribution in [2.24, 2.45) is 0 Å². The zero-order valence-electron chi connectivity index (χ0n) is 16.3. The highest BCUT2D eigenvalue weighted by atomic mass is 16.5. The van der Waals surface area contributed by atoms with E-state index in [0.717, 1.165) is 20.4 Å². The summed E-state index contributed by atoms with van der Waals surface area (Å²) in [6.07, 6.45) is 0. The molecule has 150 valence electrons. The van der Waals surface area contributed by atoms with Gasteiger partial charge in [0.05, 0.1) is 18.8 Å². The molecule has 8 nitrogen and oxygen atoms in total. The van der Waals surface area contributed by atoms with Crippen LogP contribution in [0.25, 0.3) is 5.69 Å². The molecule has 0 fully saturated rings. The number of ether oxygens (including phenoxy) is 1. The SMILES string of the molecule is COCCNC(=O)c1nn(-c2ccccc2)c(=O)n(Cc2ccc(C)cc2)c1=O. The minimum absolute atomic E-state index is 0.0334. The lowest BCUT2D eigenvalue weighted by atomic mass is 10.1. The van der Waals surface area contributed by atoms with Crippen molar-refractivity contribution >= 4 is 5.91 Å². The van der Waals surface area contributed by atoms with E-state index in [1.54, 1.807) is 30.3 Å². The van der Waals surface area contributed by atoms with E-state index in [2.05, 4.69) is 10.4 Å². The first-order chi connectivity index (χ1) is 14.0. The molecule has 0 unspecified atom stereocenters. The molecule has 0 aliphatic heterocycles. The minimum Gasteiger partial charge on any atom is -0.383 e. The van der Waals surface area contributed by atoms with Crippen LogP contribution in [0.3, 0.4) is 0 Å². The fourth-order valence-corrected chi connectivity index (χ4v) is 2.76. The van der Waals surface area contributed by atoms with Gasteiger partial charge in [0.1, 0.15) is 0 Å². The van der Waals surface area contributed by atoms with E-state index in [1.165, 1.54) is 7.11 Å². The largest absolute Gasteiger partial charge is 0.383 e. The van der Waals surface area contributed by atoms with E-state index < -0.39 is 17.2 Å². The second-order valence-electron chi connectivity index (χ2n) is 6.50. The quantitative estimate of drug-likeness (QED) is 0.606. The van der Waals surface area contributed by atoms with Crippen LogP contribution >= 0.6 is 0 Å². The molecule has 1 amide bonds. The maximum atomic E-state index is 13.0. The molecule has 0 spiro atoms. The Morgan fingerprint density at radius 1 is 1.07 bits per heavy atom. The number of carbonyl (C=O) groups excluding carboxylic acids is 1. The van der Waals surface area contributed by atoms with Gasteiger partial charge in [-0.05, 0) is 24.6 Å². The van der Waals surface area contributed by atoms with Crippen molar-refractivity contribution in [2.45, 2.75) is 13.5 Å². The highest BCUT2D eigenvalue weighted by Gasteiger charge is 2.20. The van der Waals surface area contributed by atoms with Gasteiger partial charge in [-0.15, -0.1) is 0 Å². The molecule has 0 saturated heterocycles. The summed E-state index contributed by atoms with van der Waals surface area (Å²) in [5, 5.41) is 6.64. The number of nitrogens with one attached hydrogen (secondary N) is 1. The van der Waals surface area contributed by atoms with Crippen LogP contribution in [0.1, 0.15) is 21.6 Å². The predicted molar refractivity (Wildman–Crippen MR) is 109 cm³/mol. The Kier molecular flexibility index (Phi) is 6.36. The summed E-state index contributed by atoms with van der Waals surface area (Å²) in [6.45, 7) is 2.50. The summed E-state index contributed by atoms with van der Waals surface area (Å²) in [5.41, 5.74) is 0.590. The highest BCUT2D eigenvalue weighted by Crippen LogP contribution is 2.05. The first-order valence-electron chi connectivity index (χ1n) is 9.13. The second kappa shape index (κ2) is 9.11. The fourth-order valence-electron chi connectivity index (χ4n) is 2.76. The number of benzene rings is 2. The summed E-state index contributed by atoms with van der Waals surface area (Å²) in [7, 11) is 1.51. The molecule has 0 aliphatic carbocycles. The maximum absolute atomic E-state index is 13.0. The minimum atomic E-state index is -0.738. The number of nitrogens with zero attached hydrogens (tertiary/aromatic N) is 3. The summed E-state index contributed by atoms with van der Waals surface area (Å²) in [6, 6.07) is 16.1. The van der Waals surface area contributed by atoms with Crippen molar-refractivity contribution in [2.75, 3.05) is 20.3 Å². The average Bonchev–Trinajstić information content (AvgIpc) is 2.73. The molecule has 1 heterocycles. The van der Waals surface area contributed by atoms with Crippen LogP contribution in [0.4, 0.5) is 0 Å². The number of aryl methyl sites for hydroxylation is 1. The molecule has 29 heavy (non-hydrogen) atoms. The van der Waals surface area contributed by atoms with E-state index in [9.17, 15) is 14.4 Å². The monoisotopic (exact) mass is 394 g/mol. The number of carbonyl (C=O) groups is 1. The highest BCUT2D eigenvalue weighted by molar-refractivity contribution is 5.91. The maximum Gasteiger partial charge on any atom is 0.352 e. The van der Waals surface area contributed by atoms with E-state index in [1.807, 2.05) is 31.2 Å². The Balaban J connectivity index is 2.11. The predicted octanol–water partition coefficient (Wildman–Crippen LogP) is 1.13. The molecule has 3 rings (SSSR count). The number of hydrogen-bond acceptors (Lipinski definition) is 5. The summed E-state index contributed by atoms with van der Waals surface area (Å²) in [4.78, 5) is 38.4. The van der Waals surface area contributed by atoms with Gasteiger partial charge in [-0.25, -0.2) is 4.79 Å². The number of amides is 1. The van der Waals surface area contributed by atoms with Crippen LogP contribution in [-0.2, 0) is 11.3 Å². The van der Waals surface area contributed by atoms with Gasteiger partial charge in [-0.2, -0.15) is 9.78 Å². The van der Waals surface area contributed by atoms with Crippen LogP contribution in [0, 0.1) is 6.92 Å². The average molecular weight is 394 g/mol. The lowest BCUT2D eigenvalue weighted by Crippen LogP contribution is -2.46. The molecular weight excluding hydrogens is 372 g/mol. The Morgan fingerprint density at radius 2 is 1.76 bits per heavy atom. The van der Waals surface area contributed by atoms with Gasteiger partial charge in [0.15, 0.2) is 0 Å². The van der Waals surface area contributed by atoms with E-state index >= 15 is 0 Å². The third-order valence-electron chi connectivity index (χ3n) is 4.33. The Labute approximate surface area is 167 Å². The van der Waals surface area contributed by atoms with Gasteiger partial charge in [0, 0.05) is 13.7 Å². The van der Waals surface area contributed by atoms with Crippen molar-refractivity contribution in [3.63, 3.8) is 0 Å². The molecule has 3 aromatic rings. The van der Waals surface area contributed by atoms with Gasteiger partial charge in [0.2, 0.25) is 5.69 Å². The van der Waals surface area contributed by atoms with Crippen LogP contribution < -0.4 is 16.6 Å². The molecule has 1 N–H and O–H groups in total. The van der Waals surface area contributed by atoms with Gasteiger partial charge < -0.3 is 10.1 Å². The zero-order chi connectivity index (χ0) is 20.8. The first-order valence-corrected chi connectivity index (χ1v) is 9.13. The molecule has 0 aliphatic rings. The van der Waals surface area contributed by atoms with Crippen LogP contribution in [0.5, 0.6) is 0 Å². The lowest BCUT2D eigenvalue weighted by Gasteiger charge is -2.12. The van der Waals surface area contributed by atoms with E-state index in [4.69, 9.17) is 4.74 Å². The molecule has 0 radical (unpaired) electrons. The fraction of sp³-hybridized carbons (Fsp3) is 0.238. The molecule has 1 aromatic heterocycles. The van der Waals surface area contributed by atoms with Crippen molar-refractivity contribution in [3.05, 3.63) is 92.3 Å². The zero-order valence-corrected chi connectivity index (χ0v) is 16.3. The van der Waals surface area contributed by atoms with Gasteiger partial charge in [-0.1, -0.05) is 48.0 Å². The second-order valence-corrected chi connectivity index (χ2v) is 6.50. The summed E-state index contributed by atoms with van der Waals surface area (Å²) >= 11 is 0. The van der Waals surface area contributed by atoms with Gasteiger partial charge in [-0.3, -0.25) is 14.2 Å². The summed E-state index contributed by atoms with van der Waals surface area (Å²) in [5.74, 6) is -0.658. The number of methoxy groups -OCH3 is 1. The molecule has 2 aromatic carbocycles. The first kappa shape index (κ1) is 20.2. The Bertz CT molecular complexity index is 1100. The van der Waals surface area contributed by atoms with Gasteiger partial charge in [0.25, 0.3) is 11.5 Å². The van der Waals surface area contributed by atoms with Crippen molar-refractivity contribution in [3.8, 4) is 5.69 Å². The van der Waals surface area contributed by atoms with E-state index in [-0.39, 0.29) is 18.8 Å². The summed E-state index contributed by atoms with van der Waals surface area (Å²) < 4.78 is 7.00. The third-order valence-corrected chi connectivity index (χ3v) is 4.33. The third kappa shape index (κ3) is 4.67. The van der Waals surface area contributed by atoms with Crippen LogP contribution in [-0.4, -0.2) is 40.5 Å². The van der Waals surface area contributed by atoms with Crippen molar-refractivity contribution in [1.82, 2.24) is 19.7 Å².